The van der Waals surface area contributed by atoms with Gasteiger partial charge in [-0.2, -0.15) is 0 Å². The second-order valence-corrected chi connectivity index (χ2v) is 8.48. The Kier molecular flexibility index (Phi) is 6.39. The van der Waals surface area contributed by atoms with Crippen molar-refractivity contribution in [3.05, 3.63) is 94.5 Å². The fourth-order valence-electron chi connectivity index (χ4n) is 2.60. The lowest BCUT2D eigenvalue weighted by atomic mass is 10.1. The molecule has 0 aliphatic carbocycles. The minimum atomic E-state index is -3.97. The van der Waals surface area contributed by atoms with Gasteiger partial charge in [-0.15, -0.1) is 0 Å². The van der Waals surface area contributed by atoms with Crippen molar-refractivity contribution < 1.29 is 18.0 Å². The van der Waals surface area contributed by atoms with Gasteiger partial charge in [0, 0.05) is 11.1 Å². The van der Waals surface area contributed by atoms with Gasteiger partial charge in [-0.25, -0.2) is 8.42 Å². The fraction of sp³-hybridized carbons (Fsp3) is 0.0476. The molecule has 0 saturated carbocycles. The zero-order chi connectivity index (χ0) is 21.7. The third-order valence-electron chi connectivity index (χ3n) is 4.09. The average molecular weight is 444 g/mol. The van der Waals surface area contributed by atoms with E-state index in [1.54, 1.807) is 36.4 Å². The van der Waals surface area contributed by atoms with Gasteiger partial charge in [-0.3, -0.25) is 25.2 Å². The van der Waals surface area contributed by atoms with Crippen molar-refractivity contribution in [1.82, 2.24) is 10.9 Å². The highest BCUT2D eigenvalue weighted by Gasteiger charge is 2.18. The smallest absolute Gasteiger partial charge is 0.269 e. The minimum Gasteiger partial charge on any atom is -0.278 e. The van der Waals surface area contributed by atoms with Gasteiger partial charge in [0.2, 0.25) is 0 Å². The van der Waals surface area contributed by atoms with Gasteiger partial charge in [0.15, 0.2) is 0 Å². The van der Waals surface area contributed by atoms with E-state index in [4.69, 9.17) is 11.6 Å². The average Bonchev–Trinajstić information content (AvgIpc) is 2.73. The van der Waals surface area contributed by atoms with Gasteiger partial charge in [0.25, 0.3) is 21.8 Å². The molecule has 0 aliphatic heterocycles. The van der Waals surface area contributed by atoms with Crippen LogP contribution in [0.25, 0.3) is 0 Å². The zero-order valence-electron chi connectivity index (χ0n) is 15.8. The maximum absolute atomic E-state index is 12.6. The number of sulfonamides is 1. The van der Waals surface area contributed by atoms with E-state index in [2.05, 4.69) is 15.6 Å². The Morgan fingerprint density at radius 1 is 0.800 bits per heavy atom. The lowest BCUT2D eigenvalue weighted by Gasteiger charge is -2.11. The van der Waals surface area contributed by atoms with E-state index < -0.39 is 21.8 Å². The highest BCUT2D eigenvalue weighted by atomic mass is 35.5. The molecule has 3 N–H and O–H groups in total. The lowest BCUT2D eigenvalue weighted by Crippen LogP contribution is -2.41. The van der Waals surface area contributed by atoms with E-state index in [1.807, 2.05) is 13.0 Å². The molecular weight excluding hydrogens is 426 g/mol. The number of carbonyl (C=O) groups excluding carboxylic acids is 2. The van der Waals surface area contributed by atoms with Crippen LogP contribution < -0.4 is 15.6 Å². The van der Waals surface area contributed by atoms with Crippen LogP contribution in [0.2, 0.25) is 5.02 Å². The van der Waals surface area contributed by atoms with Gasteiger partial charge in [0.05, 0.1) is 15.6 Å². The summed E-state index contributed by atoms with van der Waals surface area (Å²) in [5.74, 6) is -1.15. The molecule has 3 rings (SSSR count). The van der Waals surface area contributed by atoms with E-state index >= 15 is 0 Å². The maximum atomic E-state index is 12.6. The molecule has 3 aromatic carbocycles. The molecule has 154 valence electrons. The third kappa shape index (κ3) is 5.16. The van der Waals surface area contributed by atoms with Crippen molar-refractivity contribution in [2.75, 3.05) is 4.72 Å². The van der Waals surface area contributed by atoms with Crippen molar-refractivity contribution in [3.8, 4) is 0 Å². The number of amides is 2. The summed E-state index contributed by atoms with van der Waals surface area (Å²) in [6.07, 6.45) is 0. The molecule has 0 spiro atoms. The molecule has 0 bridgehead atoms. The Bertz CT molecular complexity index is 1210. The molecule has 0 saturated heterocycles. The Morgan fingerprint density at radius 2 is 1.40 bits per heavy atom. The van der Waals surface area contributed by atoms with Gasteiger partial charge in [-0.05, 0) is 49.4 Å². The highest BCUT2D eigenvalue weighted by Crippen LogP contribution is 2.24. The first kappa shape index (κ1) is 21.4. The van der Waals surface area contributed by atoms with Crippen molar-refractivity contribution in [2.45, 2.75) is 11.8 Å². The molecule has 30 heavy (non-hydrogen) atoms. The summed E-state index contributed by atoms with van der Waals surface area (Å²) in [5, 5.41) is 0.244. The van der Waals surface area contributed by atoms with Crippen LogP contribution >= 0.6 is 11.6 Å². The number of rotatable bonds is 5. The zero-order valence-corrected chi connectivity index (χ0v) is 17.4. The van der Waals surface area contributed by atoms with Crippen LogP contribution in [0.5, 0.6) is 0 Å². The lowest BCUT2D eigenvalue weighted by molar-refractivity contribution is 0.0846. The molecule has 0 heterocycles. The monoisotopic (exact) mass is 443 g/mol. The number of anilines is 1. The third-order valence-corrected chi connectivity index (χ3v) is 5.79. The summed E-state index contributed by atoms with van der Waals surface area (Å²) in [4.78, 5) is 24.4. The molecular formula is C21H18ClN3O4S. The predicted octanol–water partition coefficient (Wildman–Crippen LogP) is 3.52. The Balaban J connectivity index is 1.72. The van der Waals surface area contributed by atoms with E-state index in [0.717, 1.165) is 5.56 Å². The van der Waals surface area contributed by atoms with Crippen molar-refractivity contribution in [1.29, 1.82) is 0 Å². The van der Waals surface area contributed by atoms with Crippen LogP contribution in [0.4, 0.5) is 5.69 Å². The molecule has 0 radical (unpaired) electrons. The summed E-state index contributed by atoms with van der Waals surface area (Å²) in [5.41, 5.74) is 6.15. The van der Waals surface area contributed by atoms with Crippen LogP contribution in [-0.2, 0) is 10.0 Å². The maximum Gasteiger partial charge on any atom is 0.269 e. The summed E-state index contributed by atoms with van der Waals surface area (Å²) in [6.45, 7) is 1.85. The number of benzene rings is 3. The number of nitrogens with one attached hydrogen (secondary N) is 3. The van der Waals surface area contributed by atoms with E-state index in [9.17, 15) is 18.0 Å². The molecule has 0 fully saturated rings. The van der Waals surface area contributed by atoms with Crippen LogP contribution in [0.1, 0.15) is 26.3 Å². The first-order valence-corrected chi connectivity index (χ1v) is 10.7. The number of aryl methyl sites for hydroxylation is 1. The number of para-hydroxylation sites is 1. The summed E-state index contributed by atoms with van der Waals surface area (Å²) in [6, 6.07) is 18.7. The second kappa shape index (κ2) is 8.98. The van der Waals surface area contributed by atoms with Crippen LogP contribution in [-0.4, -0.2) is 20.2 Å². The Labute approximate surface area is 179 Å². The second-order valence-electron chi connectivity index (χ2n) is 6.39. The van der Waals surface area contributed by atoms with Crippen molar-refractivity contribution >= 4 is 39.1 Å². The van der Waals surface area contributed by atoms with Gasteiger partial charge in [0.1, 0.15) is 0 Å². The largest absolute Gasteiger partial charge is 0.278 e. The number of carbonyl (C=O) groups is 2. The minimum absolute atomic E-state index is 0.0570. The van der Waals surface area contributed by atoms with Crippen LogP contribution in [0.15, 0.2) is 77.7 Å². The molecule has 0 aliphatic rings. The highest BCUT2D eigenvalue weighted by molar-refractivity contribution is 7.92. The number of halogens is 1. The van der Waals surface area contributed by atoms with Crippen LogP contribution in [0, 0.1) is 6.92 Å². The summed E-state index contributed by atoms with van der Waals surface area (Å²) < 4.78 is 27.7. The van der Waals surface area contributed by atoms with Crippen molar-refractivity contribution in [3.63, 3.8) is 0 Å². The first-order chi connectivity index (χ1) is 14.3. The quantitative estimate of drug-likeness (QED) is 0.524. The topological polar surface area (TPSA) is 104 Å². The molecule has 3 aromatic rings. The van der Waals surface area contributed by atoms with Crippen molar-refractivity contribution in [2.24, 2.45) is 0 Å². The predicted molar refractivity (Wildman–Crippen MR) is 115 cm³/mol. The molecule has 0 aromatic heterocycles. The Hall–Kier alpha value is -3.36. The fourth-order valence-corrected chi connectivity index (χ4v) is 3.96. The SMILES string of the molecule is Cc1cccc(C(=O)NNC(=O)c2cccc(S(=O)(=O)Nc3ccccc3Cl)c2)c1. The molecule has 2 amide bonds. The standard InChI is InChI=1S/C21H18ClN3O4S/c1-14-6-4-7-15(12-14)20(26)23-24-21(27)16-8-5-9-17(13-16)30(28,29)25-19-11-3-2-10-18(19)22/h2-13,25H,1H3,(H,23,26)(H,24,27). The van der Waals surface area contributed by atoms with Gasteiger partial charge in [-0.1, -0.05) is 47.5 Å². The van der Waals surface area contributed by atoms with Gasteiger partial charge < -0.3 is 0 Å². The van der Waals surface area contributed by atoms with Crippen LogP contribution in [0.3, 0.4) is 0 Å². The van der Waals surface area contributed by atoms with E-state index in [1.165, 1.54) is 30.3 Å². The molecule has 9 heteroatoms. The number of hydrogen-bond donors (Lipinski definition) is 3. The first-order valence-electron chi connectivity index (χ1n) is 8.81. The summed E-state index contributed by atoms with van der Waals surface area (Å²) >= 11 is 6.00. The van der Waals surface area contributed by atoms with E-state index in [0.29, 0.717) is 5.56 Å². The summed E-state index contributed by atoms with van der Waals surface area (Å²) in [7, 11) is -3.97. The van der Waals surface area contributed by atoms with Gasteiger partial charge >= 0.3 is 0 Å². The molecule has 0 unspecified atom stereocenters. The normalized spacial score (nSPS) is 10.9. The Morgan fingerprint density at radius 3 is 2.03 bits per heavy atom. The number of hydrazine groups is 1. The van der Waals surface area contributed by atoms with E-state index in [-0.39, 0.29) is 21.2 Å². The molecule has 7 nitrogen and oxygen atoms in total. The number of hydrogen-bond acceptors (Lipinski definition) is 4. The molecule has 0 atom stereocenters.